The van der Waals surface area contributed by atoms with Crippen molar-refractivity contribution in [2.24, 2.45) is 5.92 Å². The van der Waals surface area contributed by atoms with Gasteiger partial charge in [-0.3, -0.25) is 4.79 Å². The molecule has 2 unspecified atom stereocenters. The van der Waals surface area contributed by atoms with E-state index in [0.29, 0.717) is 12.5 Å². The highest BCUT2D eigenvalue weighted by molar-refractivity contribution is 5.81. The molecule has 16 heavy (non-hydrogen) atoms. The van der Waals surface area contributed by atoms with Crippen LogP contribution in [0.3, 0.4) is 0 Å². The maximum absolute atomic E-state index is 12.2. The van der Waals surface area contributed by atoms with Crippen LogP contribution in [0.25, 0.3) is 0 Å². The van der Waals surface area contributed by atoms with Crippen molar-refractivity contribution in [3.05, 3.63) is 0 Å². The van der Waals surface area contributed by atoms with Gasteiger partial charge in [0.25, 0.3) is 0 Å². The summed E-state index contributed by atoms with van der Waals surface area (Å²) in [6.45, 7) is 7.54. The standard InChI is InChI=1S/C13H25NO2/c1-4-10-14-13(12(15)16-6-3)9-7-8-11(13)5-2/h11,14H,4-10H2,1-3H3. The van der Waals surface area contributed by atoms with Crippen molar-refractivity contribution < 1.29 is 9.53 Å². The van der Waals surface area contributed by atoms with E-state index in [0.717, 1.165) is 38.6 Å². The molecule has 1 aliphatic rings. The highest BCUT2D eigenvalue weighted by Crippen LogP contribution is 2.38. The van der Waals surface area contributed by atoms with Gasteiger partial charge in [-0.1, -0.05) is 26.7 Å². The van der Waals surface area contributed by atoms with E-state index in [-0.39, 0.29) is 11.5 Å². The third kappa shape index (κ3) is 2.57. The molecule has 1 N–H and O–H groups in total. The lowest BCUT2D eigenvalue weighted by molar-refractivity contribution is -0.153. The maximum atomic E-state index is 12.2. The monoisotopic (exact) mass is 227 g/mol. The van der Waals surface area contributed by atoms with Crippen LogP contribution in [0.15, 0.2) is 0 Å². The van der Waals surface area contributed by atoms with Crippen molar-refractivity contribution in [3.63, 3.8) is 0 Å². The number of hydrogen-bond donors (Lipinski definition) is 1. The zero-order valence-corrected chi connectivity index (χ0v) is 10.8. The molecule has 3 heteroatoms. The summed E-state index contributed by atoms with van der Waals surface area (Å²) < 4.78 is 5.26. The summed E-state index contributed by atoms with van der Waals surface area (Å²) in [4.78, 5) is 12.2. The average molecular weight is 227 g/mol. The number of carbonyl (C=O) groups is 1. The third-order valence-corrected chi connectivity index (χ3v) is 3.64. The minimum atomic E-state index is -0.388. The van der Waals surface area contributed by atoms with E-state index in [1.54, 1.807) is 0 Å². The van der Waals surface area contributed by atoms with Gasteiger partial charge < -0.3 is 10.1 Å². The number of ether oxygens (including phenoxy) is 1. The van der Waals surface area contributed by atoms with E-state index in [2.05, 4.69) is 19.2 Å². The van der Waals surface area contributed by atoms with Crippen LogP contribution in [0.4, 0.5) is 0 Å². The Balaban J connectivity index is 2.78. The van der Waals surface area contributed by atoms with Crippen LogP contribution in [0.5, 0.6) is 0 Å². The summed E-state index contributed by atoms with van der Waals surface area (Å²) >= 11 is 0. The number of esters is 1. The van der Waals surface area contributed by atoms with Crippen LogP contribution in [0, 0.1) is 5.92 Å². The molecule has 1 rings (SSSR count). The van der Waals surface area contributed by atoms with Gasteiger partial charge in [0, 0.05) is 0 Å². The van der Waals surface area contributed by atoms with E-state index in [1.165, 1.54) is 0 Å². The van der Waals surface area contributed by atoms with Gasteiger partial charge in [-0.15, -0.1) is 0 Å². The van der Waals surface area contributed by atoms with Crippen molar-refractivity contribution in [2.75, 3.05) is 13.2 Å². The molecule has 0 heterocycles. The van der Waals surface area contributed by atoms with Crippen LogP contribution >= 0.6 is 0 Å². The largest absolute Gasteiger partial charge is 0.465 e. The Hall–Kier alpha value is -0.570. The molecule has 1 aliphatic carbocycles. The lowest BCUT2D eigenvalue weighted by atomic mass is 9.85. The Morgan fingerprint density at radius 2 is 2.19 bits per heavy atom. The molecule has 0 aromatic heterocycles. The van der Waals surface area contributed by atoms with Crippen LogP contribution in [0.1, 0.15) is 52.9 Å². The van der Waals surface area contributed by atoms with Gasteiger partial charge in [-0.2, -0.15) is 0 Å². The SMILES string of the molecule is CCCNC1(C(=O)OCC)CCCC1CC. The zero-order chi connectivity index (χ0) is 12.0. The van der Waals surface area contributed by atoms with Gasteiger partial charge in [-0.25, -0.2) is 0 Å². The quantitative estimate of drug-likeness (QED) is 0.709. The van der Waals surface area contributed by atoms with E-state index in [1.807, 2.05) is 6.92 Å². The van der Waals surface area contributed by atoms with Crippen molar-refractivity contribution in [1.82, 2.24) is 5.32 Å². The van der Waals surface area contributed by atoms with Gasteiger partial charge in [0.15, 0.2) is 0 Å². The van der Waals surface area contributed by atoms with E-state index in [9.17, 15) is 4.79 Å². The molecule has 0 radical (unpaired) electrons. The Labute approximate surface area is 98.9 Å². The number of nitrogens with one attached hydrogen (secondary N) is 1. The summed E-state index contributed by atoms with van der Waals surface area (Å²) in [5, 5.41) is 3.46. The zero-order valence-electron chi connectivity index (χ0n) is 10.8. The van der Waals surface area contributed by atoms with Crippen molar-refractivity contribution >= 4 is 5.97 Å². The van der Waals surface area contributed by atoms with E-state index in [4.69, 9.17) is 4.74 Å². The fourth-order valence-electron chi connectivity index (χ4n) is 2.81. The van der Waals surface area contributed by atoms with Crippen molar-refractivity contribution in [2.45, 2.75) is 58.4 Å². The first kappa shape index (κ1) is 13.5. The summed E-state index contributed by atoms with van der Waals surface area (Å²) in [6, 6.07) is 0. The lowest BCUT2D eigenvalue weighted by Crippen LogP contribution is -2.55. The summed E-state index contributed by atoms with van der Waals surface area (Å²) in [5.41, 5.74) is -0.388. The predicted molar refractivity (Wildman–Crippen MR) is 65.3 cm³/mol. The molecule has 2 atom stereocenters. The number of hydrogen-bond acceptors (Lipinski definition) is 3. The Bertz CT molecular complexity index is 230. The molecular formula is C13H25NO2. The summed E-state index contributed by atoms with van der Waals surface area (Å²) in [5.74, 6) is 0.408. The lowest BCUT2D eigenvalue weighted by Gasteiger charge is -2.33. The van der Waals surface area contributed by atoms with Crippen LogP contribution in [0.2, 0.25) is 0 Å². The molecule has 3 nitrogen and oxygen atoms in total. The average Bonchev–Trinajstić information content (AvgIpc) is 2.70. The Morgan fingerprint density at radius 3 is 2.75 bits per heavy atom. The normalized spacial score (nSPS) is 29.3. The molecule has 0 spiro atoms. The second kappa shape index (κ2) is 6.24. The molecule has 0 bridgehead atoms. The summed E-state index contributed by atoms with van der Waals surface area (Å²) in [6.07, 6.45) is 5.32. The fourth-order valence-corrected chi connectivity index (χ4v) is 2.81. The van der Waals surface area contributed by atoms with Gasteiger partial charge in [0.05, 0.1) is 6.61 Å². The second-order valence-corrected chi connectivity index (χ2v) is 4.62. The minimum Gasteiger partial charge on any atom is -0.465 e. The minimum absolute atomic E-state index is 0.0344. The first-order chi connectivity index (χ1) is 7.71. The molecule has 0 aromatic carbocycles. The summed E-state index contributed by atoms with van der Waals surface area (Å²) in [7, 11) is 0. The molecule has 0 saturated heterocycles. The first-order valence-electron chi connectivity index (χ1n) is 6.63. The first-order valence-corrected chi connectivity index (χ1v) is 6.63. The predicted octanol–water partition coefficient (Wildman–Crippen LogP) is 2.50. The molecule has 0 amide bonds. The fraction of sp³-hybridized carbons (Fsp3) is 0.923. The molecule has 0 aliphatic heterocycles. The van der Waals surface area contributed by atoms with Crippen LogP contribution < -0.4 is 5.32 Å². The van der Waals surface area contributed by atoms with Gasteiger partial charge in [0.2, 0.25) is 0 Å². The second-order valence-electron chi connectivity index (χ2n) is 4.62. The van der Waals surface area contributed by atoms with Crippen LogP contribution in [-0.2, 0) is 9.53 Å². The van der Waals surface area contributed by atoms with E-state index >= 15 is 0 Å². The number of rotatable bonds is 6. The molecule has 1 saturated carbocycles. The third-order valence-electron chi connectivity index (χ3n) is 3.64. The highest BCUT2D eigenvalue weighted by atomic mass is 16.5. The Kier molecular flexibility index (Phi) is 5.26. The molecule has 94 valence electrons. The van der Waals surface area contributed by atoms with Gasteiger partial charge in [0.1, 0.15) is 5.54 Å². The number of carbonyl (C=O) groups excluding carboxylic acids is 1. The van der Waals surface area contributed by atoms with Crippen molar-refractivity contribution in [1.29, 1.82) is 0 Å². The molecule has 1 fully saturated rings. The van der Waals surface area contributed by atoms with Crippen LogP contribution in [-0.4, -0.2) is 24.7 Å². The maximum Gasteiger partial charge on any atom is 0.326 e. The van der Waals surface area contributed by atoms with Gasteiger partial charge in [-0.05, 0) is 38.6 Å². The van der Waals surface area contributed by atoms with Gasteiger partial charge >= 0.3 is 5.97 Å². The molecular weight excluding hydrogens is 202 g/mol. The Morgan fingerprint density at radius 1 is 1.44 bits per heavy atom. The topological polar surface area (TPSA) is 38.3 Å². The van der Waals surface area contributed by atoms with Crippen molar-refractivity contribution in [3.8, 4) is 0 Å². The highest BCUT2D eigenvalue weighted by Gasteiger charge is 2.48. The van der Waals surface area contributed by atoms with E-state index < -0.39 is 0 Å². The smallest absolute Gasteiger partial charge is 0.326 e. The molecule has 0 aromatic rings.